The molecule has 15 nitrogen and oxygen atoms in total. The molecular formula is C37H41N5O10S2. The maximum atomic E-state index is 13.0. The lowest BCUT2D eigenvalue weighted by Crippen LogP contribution is -2.19. The molecule has 0 aliphatic carbocycles. The van der Waals surface area contributed by atoms with E-state index in [2.05, 4.69) is 32.0 Å². The summed E-state index contributed by atoms with van der Waals surface area (Å²) in [4.78, 5) is 53.2. The van der Waals surface area contributed by atoms with Gasteiger partial charge in [0.2, 0.25) is 11.8 Å². The van der Waals surface area contributed by atoms with Gasteiger partial charge in [0.25, 0.3) is 20.0 Å². The summed E-state index contributed by atoms with van der Waals surface area (Å²) in [6, 6.07) is 16.4. The lowest BCUT2D eigenvalue weighted by atomic mass is 10.1. The van der Waals surface area contributed by atoms with Crippen molar-refractivity contribution in [3.63, 3.8) is 0 Å². The fraction of sp³-hybridized carbons (Fsp3) is 0.270. The second kappa shape index (κ2) is 18.3. The van der Waals surface area contributed by atoms with Gasteiger partial charge >= 0.3 is 11.9 Å². The maximum absolute atomic E-state index is 13.0. The van der Waals surface area contributed by atoms with E-state index in [0.29, 0.717) is 6.42 Å². The number of carboxylic acid groups (broad SMARTS) is 2. The molecule has 4 rings (SSSR count). The van der Waals surface area contributed by atoms with Gasteiger partial charge in [-0.25, -0.2) is 26.4 Å². The van der Waals surface area contributed by atoms with Gasteiger partial charge in [0.05, 0.1) is 27.4 Å². The highest BCUT2D eigenvalue weighted by molar-refractivity contribution is 7.93. The van der Waals surface area contributed by atoms with E-state index in [1.807, 2.05) is 6.92 Å². The van der Waals surface area contributed by atoms with Crippen LogP contribution in [-0.2, 0) is 42.5 Å². The largest absolute Gasteiger partial charge is 0.478 e. The number of carbonyl (C=O) groups excluding carboxylic acids is 2. The molecule has 0 bridgehead atoms. The molecule has 0 spiro atoms. The van der Waals surface area contributed by atoms with Crippen molar-refractivity contribution in [1.29, 1.82) is 0 Å². The number of nitrogens with one attached hydrogen (secondary N) is 4. The van der Waals surface area contributed by atoms with Crippen molar-refractivity contribution < 1.29 is 46.2 Å². The van der Waals surface area contributed by atoms with Crippen LogP contribution in [0.5, 0.6) is 0 Å². The lowest BCUT2D eigenvalue weighted by Gasteiger charge is -2.14. The number of unbranched alkanes of at least 4 members (excludes halogenated alkanes) is 2. The van der Waals surface area contributed by atoms with Crippen LogP contribution in [0, 0.1) is 0 Å². The lowest BCUT2D eigenvalue weighted by molar-refractivity contribution is -0.121. The number of hydrogen-bond donors (Lipinski definition) is 6. The van der Waals surface area contributed by atoms with Crippen molar-refractivity contribution in [3.8, 4) is 0 Å². The highest BCUT2D eigenvalue weighted by atomic mass is 32.2. The molecule has 54 heavy (non-hydrogen) atoms. The van der Waals surface area contributed by atoms with Crippen molar-refractivity contribution in [2.45, 2.75) is 75.0 Å². The summed E-state index contributed by atoms with van der Waals surface area (Å²) in [5.74, 6) is -4.25. The summed E-state index contributed by atoms with van der Waals surface area (Å²) in [6.07, 6.45) is 5.76. The Hall–Kier alpha value is -5.81. The number of pyridine rings is 1. The van der Waals surface area contributed by atoms with Gasteiger partial charge in [0.15, 0.2) is 0 Å². The zero-order valence-electron chi connectivity index (χ0n) is 29.6. The zero-order valence-corrected chi connectivity index (χ0v) is 31.2. The Balaban J connectivity index is 1.35. The third-order valence-electron chi connectivity index (χ3n) is 8.08. The molecule has 0 fully saturated rings. The fourth-order valence-corrected chi connectivity index (χ4v) is 7.25. The summed E-state index contributed by atoms with van der Waals surface area (Å²) in [5, 5.41) is 24.5. The third-order valence-corrected chi connectivity index (χ3v) is 10.8. The highest BCUT2D eigenvalue weighted by Gasteiger charge is 2.22. The Kier molecular flexibility index (Phi) is 13.9. The van der Waals surface area contributed by atoms with Crippen LogP contribution in [0.1, 0.15) is 84.3 Å². The molecule has 0 saturated heterocycles. The molecule has 0 aliphatic rings. The van der Waals surface area contributed by atoms with E-state index in [1.54, 1.807) is 18.2 Å². The minimum atomic E-state index is -4.19. The number of amides is 2. The second-order valence-electron chi connectivity index (χ2n) is 12.3. The Labute approximate surface area is 313 Å². The van der Waals surface area contributed by atoms with E-state index in [1.165, 1.54) is 48.7 Å². The number of carbonyl (C=O) groups is 4. The Morgan fingerprint density at radius 2 is 1.07 bits per heavy atom. The number of anilines is 4. The summed E-state index contributed by atoms with van der Waals surface area (Å²) >= 11 is 0. The van der Waals surface area contributed by atoms with Crippen molar-refractivity contribution >= 4 is 66.5 Å². The average molecular weight is 780 g/mol. The van der Waals surface area contributed by atoms with Crippen LogP contribution >= 0.6 is 0 Å². The van der Waals surface area contributed by atoms with Crippen molar-refractivity contribution in [1.82, 2.24) is 4.98 Å². The molecule has 0 atom stereocenters. The average Bonchev–Trinajstić information content (AvgIpc) is 3.13. The number of aryl methyl sites for hydroxylation is 2. The molecule has 1 heterocycles. The summed E-state index contributed by atoms with van der Waals surface area (Å²) in [5.41, 5.74) is 0.430. The third kappa shape index (κ3) is 11.3. The number of rotatable bonds is 19. The van der Waals surface area contributed by atoms with Gasteiger partial charge in [0.1, 0.15) is 4.90 Å². The van der Waals surface area contributed by atoms with Crippen LogP contribution in [0.25, 0.3) is 0 Å². The van der Waals surface area contributed by atoms with Gasteiger partial charge in [-0.1, -0.05) is 38.8 Å². The van der Waals surface area contributed by atoms with E-state index in [-0.39, 0.29) is 45.4 Å². The van der Waals surface area contributed by atoms with Crippen molar-refractivity contribution in [2.75, 3.05) is 20.1 Å². The zero-order chi connectivity index (χ0) is 39.5. The Morgan fingerprint density at radius 3 is 1.52 bits per heavy atom. The molecule has 0 aliphatic heterocycles. The number of hydrogen-bond acceptors (Lipinski definition) is 9. The Bertz CT molecular complexity index is 2070. The number of aromatic nitrogens is 1. The van der Waals surface area contributed by atoms with Crippen molar-refractivity contribution in [3.05, 3.63) is 101 Å². The van der Waals surface area contributed by atoms with Gasteiger partial charge < -0.3 is 20.8 Å². The predicted octanol–water partition coefficient (Wildman–Crippen LogP) is 6.12. The molecule has 0 saturated carbocycles. The van der Waals surface area contributed by atoms with Gasteiger partial charge in [0, 0.05) is 36.1 Å². The molecule has 0 unspecified atom stereocenters. The first-order valence-corrected chi connectivity index (χ1v) is 20.0. The number of aromatic carboxylic acids is 2. The predicted molar refractivity (Wildman–Crippen MR) is 203 cm³/mol. The molecule has 2 amide bonds. The van der Waals surface area contributed by atoms with Gasteiger partial charge in [-0.15, -0.1) is 0 Å². The number of nitrogens with zero attached hydrogens (tertiary/aromatic N) is 1. The first kappa shape index (κ1) is 41.0. The maximum Gasteiger partial charge on any atom is 0.337 e. The first-order valence-electron chi connectivity index (χ1n) is 17.1. The second-order valence-corrected chi connectivity index (χ2v) is 15.6. The van der Waals surface area contributed by atoms with Gasteiger partial charge in [-0.05, 0) is 91.9 Å². The molecule has 286 valence electrons. The summed E-state index contributed by atoms with van der Waals surface area (Å²) < 4.78 is 56.4. The number of benzene rings is 3. The molecule has 3 aromatic carbocycles. The monoisotopic (exact) mass is 779 g/mol. The van der Waals surface area contributed by atoms with Crippen LogP contribution in [0.3, 0.4) is 0 Å². The van der Waals surface area contributed by atoms with Crippen LogP contribution in [-0.4, -0.2) is 55.8 Å². The van der Waals surface area contributed by atoms with E-state index in [0.717, 1.165) is 55.5 Å². The smallest absolute Gasteiger partial charge is 0.337 e. The number of carboxylic acids is 2. The van der Waals surface area contributed by atoms with Crippen molar-refractivity contribution in [2.24, 2.45) is 0 Å². The molecule has 1 aromatic heterocycles. The van der Waals surface area contributed by atoms with E-state index < -0.39 is 54.9 Å². The summed E-state index contributed by atoms with van der Waals surface area (Å²) in [6.45, 7) is 4.07. The SMILES string of the molecule is CCCCc1ccc(S(=O)(=O)Nc2ccc(NC(=O)CCC(=O)Nc3ccc(NS(=O)(=O)c4ccc(CCCC)nc4)c(C(=O)O)c3)cc2C(=O)O)cc1. The Morgan fingerprint density at radius 1 is 0.611 bits per heavy atom. The first-order chi connectivity index (χ1) is 25.6. The topological polar surface area (TPSA) is 238 Å². The van der Waals surface area contributed by atoms with Gasteiger partial charge in [-0.2, -0.15) is 0 Å². The molecule has 4 aromatic rings. The van der Waals surface area contributed by atoms with E-state index in [9.17, 15) is 46.2 Å². The van der Waals surface area contributed by atoms with Crippen LogP contribution in [0.2, 0.25) is 0 Å². The van der Waals surface area contributed by atoms with E-state index in [4.69, 9.17) is 0 Å². The number of sulfonamides is 2. The minimum Gasteiger partial charge on any atom is -0.478 e. The van der Waals surface area contributed by atoms with Gasteiger partial charge in [-0.3, -0.25) is 24.0 Å². The van der Waals surface area contributed by atoms with Crippen LogP contribution < -0.4 is 20.1 Å². The molecule has 17 heteroatoms. The molecule has 6 N–H and O–H groups in total. The normalized spacial score (nSPS) is 11.4. The highest BCUT2D eigenvalue weighted by Crippen LogP contribution is 2.26. The molecule has 0 radical (unpaired) electrons. The minimum absolute atomic E-state index is 0.0271. The quantitative estimate of drug-likeness (QED) is 0.0634. The van der Waals surface area contributed by atoms with E-state index >= 15 is 0 Å². The fourth-order valence-electron chi connectivity index (χ4n) is 5.15. The van der Waals surface area contributed by atoms with Crippen LogP contribution in [0.4, 0.5) is 22.7 Å². The molecular weight excluding hydrogens is 739 g/mol. The van der Waals surface area contributed by atoms with Crippen LogP contribution in [0.15, 0.2) is 88.8 Å². The summed E-state index contributed by atoms with van der Waals surface area (Å²) in [7, 11) is -8.32. The standard InChI is InChI=1S/C37H41N5O10S2/c1-3-5-7-24-9-14-28(15-10-24)53(49,50)41-32-17-12-26(21-30(32)36(45)46)39-34(43)19-20-35(44)40-27-13-18-33(31(22-27)37(47)48)42-54(51,52)29-16-11-25(38-23-29)8-6-4-2/h9-18,21-23,41-42H,3-8,19-20H2,1-2H3,(H,39,43)(H,40,44)(H,45,46)(H,47,48).